The molecule has 140 valence electrons. The summed E-state index contributed by atoms with van der Waals surface area (Å²) in [6.07, 6.45) is 2.10. The van der Waals surface area contributed by atoms with Gasteiger partial charge in [-0.15, -0.1) is 11.3 Å². The van der Waals surface area contributed by atoms with Crippen molar-refractivity contribution in [1.29, 1.82) is 0 Å². The number of hydrogen-bond donors (Lipinski definition) is 3. The number of likely N-dealkylation sites (tertiary alicyclic amines) is 1. The van der Waals surface area contributed by atoms with E-state index in [4.69, 9.17) is 4.98 Å². The molecule has 2 amide bonds. The van der Waals surface area contributed by atoms with Crippen molar-refractivity contribution in [2.45, 2.75) is 38.6 Å². The molecule has 1 atom stereocenters. The van der Waals surface area contributed by atoms with Gasteiger partial charge in [0.1, 0.15) is 6.04 Å². The molecule has 0 saturated carbocycles. The van der Waals surface area contributed by atoms with Gasteiger partial charge < -0.3 is 15.5 Å². The zero-order valence-electron chi connectivity index (χ0n) is 15.4. The number of nitrogens with zero attached hydrogens (tertiary/aromatic N) is 1. The lowest BCUT2D eigenvalue weighted by atomic mass is 9.97. The molecular formula is C19H27N4O2S+. The number of thiazole rings is 1. The van der Waals surface area contributed by atoms with Crippen LogP contribution in [0.3, 0.4) is 0 Å². The van der Waals surface area contributed by atoms with Crippen LogP contribution >= 0.6 is 11.3 Å². The lowest BCUT2D eigenvalue weighted by Crippen LogP contribution is -3.14. The third-order valence-corrected chi connectivity index (χ3v) is 6.08. The summed E-state index contributed by atoms with van der Waals surface area (Å²) in [7, 11) is 0. The predicted molar refractivity (Wildman–Crippen MR) is 103 cm³/mol. The minimum Gasteiger partial charge on any atom is -0.355 e. The van der Waals surface area contributed by atoms with E-state index in [9.17, 15) is 9.59 Å². The van der Waals surface area contributed by atoms with Crippen LogP contribution in [0.4, 0.5) is 0 Å². The zero-order chi connectivity index (χ0) is 18.5. The van der Waals surface area contributed by atoms with Crippen LogP contribution in [0.2, 0.25) is 0 Å². The number of amides is 2. The van der Waals surface area contributed by atoms with E-state index in [1.165, 1.54) is 14.6 Å². The van der Waals surface area contributed by atoms with Gasteiger partial charge in [-0.2, -0.15) is 0 Å². The largest absolute Gasteiger partial charge is 0.355 e. The van der Waals surface area contributed by atoms with E-state index in [0.717, 1.165) is 31.4 Å². The number of piperidine rings is 1. The molecule has 0 radical (unpaired) electrons. The standard InChI is InChI=1S/C19H26N4O2S/c1-3-20-18(25)13(2)21-17(24)12-23-10-8-14(9-11-23)19-22-15-6-4-5-7-16(15)26-19/h4-7,13-14H,3,8-12H2,1-2H3,(H,20,25)(H,21,24)/p+1/t13-/m1/s1. The van der Waals surface area contributed by atoms with Crippen LogP contribution in [0.25, 0.3) is 10.2 Å². The van der Waals surface area contributed by atoms with Crippen LogP contribution < -0.4 is 15.5 Å². The summed E-state index contributed by atoms with van der Waals surface area (Å²) in [5, 5.41) is 6.74. The van der Waals surface area contributed by atoms with Crippen molar-refractivity contribution in [1.82, 2.24) is 15.6 Å². The molecule has 7 heteroatoms. The van der Waals surface area contributed by atoms with E-state index < -0.39 is 6.04 Å². The number of likely N-dealkylation sites (N-methyl/N-ethyl adjacent to an activating group) is 1. The van der Waals surface area contributed by atoms with Gasteiger partial charge in [-0.1, -0.05) is 12.1 Å². The number of fused-ring (bicyclic) bond motifs is 1. The van der Waals surface area contributed by atoms with Gasteiger partial charge in [-0.05, 0) is 26.0 Å². The highest BCUT2D eigenvalue weighted by atomic mass is 32.1. The lowest BCUT2D eigenvalue weighted by Gasteiger charge is -2.28. The molecule has 1 aliphatic heterocycles. The van der Waals surface area contributed by atoms with Crippen molar-refractivity contribution in [2.24, 2.45) is 0 Å². The Morgan fingerprint density at radius 2 is 2.04 bits per heavy atom. The molecule has 0 aliphatic carbocycles. The Bertz CT molecular complexity index is 735. The number of aromatic nitrogens is 1. The molecule has 1 aromatic carbocycles. The fraction of sp³-hybridized carbons (Fsp3) is 0.526. The molecule has 3 rings (SSSR count). The van der Waals surface area contributed by atoms with E-state index in [1.807, 2.05) is 13.0 Å². The minimum absolute atomic E-state index is 0.0582. The number of nitrogens with one attached hydrogen (secondary N) is 3. The maximum Gasteiger partial charge on any atom is 0.275 e. The first-order valence-electron chi connectivity index (χ1n) is 9.33. The molecule has 26 heavy (non-hydrogen) atoms. The van der Waals surface area contributed by atoms with Gasteiger partial charge in [-0.25, -0.2) is 4.98 Å². The topological polar surface area (TPSA) is 75.5 Å². The Morgan fingerprint density at radius 1 is 1.31 bits per heavy atom. The van der Waals surface area contributed by atoms with Crippen molar-refractivity contribution in [3.8, 4) is 0 Å². The Balaban J connectivity index is 1.47. The third-order valence-electron chi connectivity index (χ3n) is 4.88. The number of quaternary nitrogens is 1. The second-order valence-corrected chi connectivity index (χ2v) is 7.97. The summed E-state index contributed by atoms with van der Waals surface area (Å²) in [6, 6.07) is 7.78. The molecule has 6 nitrogen and oxygen atoms in total. The van der Waals surface area contributed by atoms with Crippen LogP contribution in [-0.2, 0) is 9.59 Å². The Labute approximate surface area is 158 Å². The smallest absolute Gasteiger partial charge is 0.275 e. The van der Waals surface area contributed by atoms with Crippen LogP contribution in [-0.4, -0.2) is 49.0 Å². The average Bonchev–Trinajstić information content (AvgIpc) is 3.06. The Morgan fingerprint density at radius 3 is 2.73 bits per heavy atom. The van der Waals surface area contributed by atoms with Gasteiger partial charge in [0, 0.05) is 25.3 Å². The van der Waals surface area contributed by atoms with Crippen molar-refractivity contribution in [2.75, 3.05) is 26.2 Å². The van der Waals surface area contributed by atoms with Gasteiger partial charge in [0.2, 0.25) is 5.91 Å². The predicted octanol–water partition coefficient (Wildman–Crippen LogP) is 0.699. The number of para-hydroxylation sites is 1. The van der Waals surface area contributed by atoms with E-state index in [2.05, 4.69) is 28.8 Å². The van der Waals surface area contributed by atoms with E-state index in [-0.39, 0.29) is 11.8 Å². The minimum atomic E-state index is -0.484. The molecule has 1 saturated heterocycles. The summed E-state index contributed by atoms with van der Waals surface area (Å²) in [5.41, 5.74) is 1.08. The number of hydrogen-bond acceptors (Lipinski definition) is 4. The van der Waals surface area contributed by atoms with Gasteiger partial charge in [0.05, 0.1) is 28.3 Å². The van der Waals surface area contributed by atoms with Crippen LogP contribution in [0.15, 0.2) is 24.3 Å². The number of carbonyl (C=O) groups excluding carboxylic acids is 2. The van der Waals surface area contributed by atoms with Crippen molar-refractivity contribution in [3.63, 3.8) is 0 Å². The molecule has 1 fully saturated rings. The summed E-state index contributed by atoms with van der Waals surface area (Å²) < 4.78 is 1.25. The first-order chi connectivity index (χ1) is 12.6. The molecular weight excluding hydrogens is 348 g/mol. The van der Waals surface area contributed by atoms with E-state index in [1.54, 1.807) is 18.3 Å². The van der Waals surface area contributed by atoms with E-state index >= 15 is 0 Å². The molecule has 0 spiro atoms. The van der Waals surface area contributed by atoms with E-state index in [0.29, 0.717) is 19.0 Å². The lowest BCUT2D eigenvalue weighted by molar-refractivity contribution is -0.897. The average molecular weight is 376 g/mol. The second-order valence-electron chi connectivity index (χ2n) is 6.90. The molecule has 2 aromatic rings. The van der Waals surface area contributed by atoms with Gasteiger partial charge in [-0.3, -0.25) is 9.59 Å². The summed E-state index contributed by atoms with van der Waals surface area (Å²) >= 11 is 1.79. The molecule has 2 heterocycles. The van der Waals surface area contributed by atoms with Gasteiger partial charge >= 0.3 is 0 Å². The van der Waals surface area contributed by atoms with Crippen molar-refractivity contribution < 1.29 is 14.5 Å². The number of rotatable bonds is 6. The molecule has 0 bridgehead atoms. The highest BCUT2D eigenvalue weighted by molar-refractivity contribution is 7.18. The molecule has 0 unspecified atom stereocenters. The fourth-order valence-corrected chi connectivity index (χ4v) is 4.56. The second kappa shape index (κ2) is 8.60. The van der Waals surface area contributed by atoms with Crippen LogP contribution in [0, 0.1) is 0 Å². The zero-order valence-corrected chi connectivity index (χ0v) is 16.2. The first kappa shape index (κ1) is 18.8. The maximum atomic E-state index is 12.2. The Hall–Kier alpha value is -1.99. The fourth-order valence-electron chi connectivity index (χ4n) is 3.43. The highest BCUT2D eigenvalue weighted by Gasteiger charge is 2.27. The summed E-state index contributed by atoms with van der Waals surface area (Å²) in [5.74, 6) is 0.302. The summed E-state index contributed by atoms with van der Waals surface area (Å²) in [4.78, 5) is 29.9. The first-order valence-corrected chi connectivity index (χ1v) is 10.1. The molecule has 1 aliphatic rings. The molecule has 1 aromatic heterocycles. The molecule has 3 N–H and O–H groups in total. The van der Waals surface area contributed by atoms with Gasteiger partial charge in [0.25, 0.3) is 5.91 Å². The van der Waals surface area contributed by atoms with Gasteiger partial charge in [0.15, 0.2) is 6.54 Å². The van der Waals surface area contributed by atoms with Crippen LogP contribution in [0.5, 0.6) is 0 Å². The quantitative estimate of drug-likeness (QED) is 0.696. The number of benzene rings is 1. The number of carbonyl (C=O) groups is 2. The van der Waals surface area contributed by atoms with Crippen molar-refractivity contribution in [3.05, 3.63) is 29.3 Å². The third kappa shape index (κ3) is 4.59. The van der Waals surface area contributed by atoms with Crippen LogP contribution in [0.1, 0.15) is 37.6 Å². The normalized spacial score (nSPS) is 21.3. The Kier molecular flexibility index (Phi) is 6.21. The maximum absolute atomic E-state index is 12.2. The van der Waals surface area contributed by atoms with Crippen molar-refractivity contribution >= 4 is 33.4 Å². The monoisotopic (exact) mass is 375 g/mol. The highest BCUT2D eigenvalue weighted by Crippen LogP contribution is 2.31. The SMILES string of the molecule is CCNC(=O)[C@@H](C)NC(=O)C[NH+]1CCC(c2nc3ccccc3s2)CC1. The summed E-state index contributed by atoms with van der Waals surface area (Å²) in [6.45, 7) is 6.51.